The fourth-order valence-electron chi connectivity index (χ4n) is 2.62. The molecule has 2 aromatic heterocycles. The lowest BCUT2D eigenvalue weighted by atomic mass is 10.3. The zero-order valence-electron chi connectivity index (χ0n) is 14.3. The van der Waals surface area contributed by atoms with Gasteiger partial charge in [0.2, 0.25) is 11.9 Å². The Labute approximate surface area is 140 Å². The molecule has 0 atom stereocenters. The zero-order valence-corrected chi connectivity index (χ0v) is 14.3. The highest BCUT2D eigenvalue weighted by Gasteiger charge is 2.23. The first-order valence-electron chi connectivity index (χ1n) is 7.91. The minimum absolute atomic E-state index is 0.0549. The summed E-state index contributed by atoms with van der Waals surface area (Å²) in [6, 6.07) is 1.96. The van der Waals surface area contributed by atoms with Crippen molar-refractivity contribution in [3.8, 4) is 0 Å². The molecule has 24 heavy (non-hydrogen) atoms. The van der Waals surface area contributed by atoms with Gasteiger partial charge in [-0.2, -0.15) is 10.1 Å². The van der Waals surface area contributed by atoms with E-state index in [0.29, 0.717) is 13.1 Å². The predicted molar refractivity (Wildman–Crippen MR) is 89.9 cm³/mol. The Bertz CT molecular complexity index is 692. The second-order valence-corrected chi connectivity index (χ2v) is 6.02. The van der Waals surface area contributed by atoms with Gasteiger partial charge in [-0.05, 0) is 6.92 Å². The van der Waals surface area contributed by atoms with Crippen LogP contribution in [-0.2, 0) is 11.3 Å². The van der Waals surface area contributed by atoms with Gasteiger partial charge in [0.25, 0.3) is 0 Å². The molecule has 1 saturated heterocycles. The van der Waals surface area contributed by atoms with Crippen LogP contribution in [0.1, 0.15) is 5.69 Å². The van der Waals surface area contributed by atoms with E-state index in [9.17, 15) is 4.79 Å². The van der Waals surface area contributed by atoms with Crippen LogP contribution in [0.2, 0.25) is 0 Å². The maximum Gasteiger partial charge on any atom is 0.244 e. The SMILES string of the molecule is Cc1cc(N(C)C)nc(N2CCN(C(=O)Cn3cncn3)CC2)n1. The van der Waals surface area contributed by atoms with E-state index in [1.807, 2.05) is 36.9 Å². The topological polar surface area (TPSA) is 83.3 Å². The third-order valence-corrected chi connectivity index (χ3v) is 3.97. The summed E-state index contributed by atoms with van der Waals surface area (Å²) in [7, 11) is 3.93. The predicted octanol–water partition coefficient (Wildman–Crippen LogP) is -0.209. The Hall–Kier alpha value is -2.71. The van der Waals surface area contributed by atoms with Crippen LogP contribution in [-0.4, -0.2) is 75.8 Å². The molecule has 0 spiro atoms. The molecular formula is C15H22N8O. The molecule has 0 aromatic carbocycles. The van der Waals surface area contributed by atoms with Crippen LogP contribution in [0, 0.1) is 6.92 Å². The normalized spacial score (nSPS) is 14.8. The molecule has 1 aliphatic rings. The Balaban J connectivity index is 1.61. The van der Waals surface area contributed by atoms with Crippen LogP contribution in [0.25, 0.3) is 0 Å². The molecule has 128 valence electrons. The van der Waals surface area contributed by atoms with E-state index in [-0.39, 0.29) is 12.5 Å². The van der Waals surface area contributed by atoms with Crippen molar-refractivity contribution in [3.63, 3.8) is 0 Å². The number of rotatable bonds is 4. The first-order chi connectivity index (χ1) is 11.5. The lowest BCUT2D eigenvalue weighted by Gasteiger charge is -2.35. The summed E-state index contributed by atoms with van der Waals surface area (Å²) >= 11 is 0. The van der Waals surface area contributed by atoms with Crippen molar-refractivity contribution in [2.45, 2.75) is 13.5 Å². The van der Waals surface area contributed by atoms with Crippen LogP contribution < -0.4 is 9.80 Å². The van der Waals surface area contributed by atoms with Crippen molar-refractivity contribution in [2.75, 3.05) is 50.1 Å². The van der Waals surface area contributed by atoms with E-state index in [1.165, 1.54) is 6.33 Å². The van der Waals surface area contributed by atoms with Gasteiger partial charge in [0.15, 0.2) is 0 Å². The van der Waals surface area contributed by atoms with Crippen LogP contribution >= 0.6 is 0 Å². The van der Waals surface area contributed by atoms with Crippen LogP contribution in [0.15, 0.2) is 18.7 Å². The second-order valence-electron chi connectivity index (χ2n) is 6.02. The zero-order chi connectivity index (χ0) is 17.1. The Morgan fingerprint density at radius 3 is 2.58 bits per heavy atom. The smallest absolute Gasteiger partial charge is 0.244 e. The molecule has 9 heteroatoms. The number of aromatic nitrogens is 5. The molecule has 1 amide bonds. The molecule has 1 aliphatic heterocycles. The number of carbonyl (C=O) groups is 1. The number of aryl methyl sites for hydroxylation is 1. The van der Waals surface area contributed by atoms with Gasteiger partial charge in [0.05, 0.1) is 0 Å². The van der Waals surface area contributed by atoms with Gasteiger partial charge >= 0.3 is 0 Å². The van der Waals surface area contributed by atoms with E-state index in [2.05, 4.69) is 25.0 Å². The van der Waals surface area contributed by atoms with Gasteiger partial charge in [0, 0.05) is 52.0 Å². The molecular weight excluding hydrogens is 308 g/mol. The minimum Gasteiger partial charge on any atom is -0.363 e. The number of piperazine rings is 1. The summed E-state index contributed by atoms with van der Waals surface area (Å²) in [6.45, 7) is 4.95. The molecule has 2 aromatic rings. The highest BCUT2D eigenvalue weighted by Crippen LogP contribution is 2.17. The number of hydrogen-bond acceptors (Lipinski definition) is 7. The molecule has 0 bridgehead atoms. The van der Waals surface area contributed by atoms with Crippen molar-refractivity contribution in [3.05, 3.63) is 24.4 Å². The minimum atomic E-state index is 0.0549. The van der Waals surface area contributed by atoms with Crippen LogP contribution in [0.4, 0.5) is 11.8 Å². The molecule has 3 heterocycles. The van der Waals surface area contributed by atoms with Crippen molar-refractivity contribution < 1.29 is 4.79 Å². The van der Waals surface area contributed by atoms with Crippen LogP contribution in [0.5, 0.6) is 0 Å². The van der Waals surface area contributed by atoms with Crippen LogP contribution in [0.3, 0.4) is 0 Å². The summed E-state index contributed by atoms with van der Waals surface area (Å²) in [5.74, 6) is 1.67. The summed E-state index contributed by atoms with van der Waals surface area (Å²) < 4.78 is 1.54. The fourth-order valence-corrected chi connectivity index (χ4v) is 2.62. The summed E-state index contributed by atoms with van der Waals surface area (Å²) in [6.07, 6.45) is 2.99. The summed E-state index contributed by atoms with van der Waals surface area (Å²) in [4.78, 5) is 31.2. The third kappa shape index (κ3) is 3.61. The van der Waals surface area contributed by atoms with E-state index in [1.54, 1.807) is 11.0 Å². The van der Waals surface area contributed by atoms with Gasteiger partial charge in [-0.25, -0.2) is 14.6 Å². The standard InChI is InChI=1S/C15H22N8O/c1-12-8-13(20(2)3)19-15(18-12)22-6-4-21(5-7-22)14(24)9-23-11-16-10-17-23/h8,10-11H,4-7,9H2,1-3H3. The van der Waals surface area contributed by atoms with Crippen molar-refractivity contribution in [2.24, 2.45) is 0 Å². The summed E-state index contributed by atoms with van der Waals surface area (Å²) in [5, 5.41) is 3.97. The molecule has 3 rings (SSSR count). The van der Waals surface area contributed by atoms with Gasteiger partial charge < -0.3 is 14.7 Å². The number of amides is 1. The highest BCUT2D eigenvalue weighted by atomic mass is 16.2. The average Bonchev–Trinajstić information content (AvgIpc) is 3.07. The highest BCUT2D eigenvalue weighted by molar-refractivity contribution is 5.76. The molecule has 0 N–H and O–H groups in total. The maximum atomic E-state index is 12.3. The summed E-state index contributed by atoms with van der Waals surface area (Å²) in [5.41, 5.74) is 0.938. The van der Waals surface area contributed by atoms with E-state index in [0.717, 1.165) is 30.5 Å². The van der Waals surface area contributed by atoms with Gasteiger partial charge in [-0.3, -0.25) is 4.79 Å². The van der Waals surface area contributed by atoms with E-state index < -0.39 is 0 Å². The monoisotopic (exact) mass is 330 g/mol. The number of anilines is 2. The maximum absolute atomic E-state index is 12.3. The molecule has 1 fully saturated rings. The van der Waals surface area contributed by atoms with Gasteiger partial charge in [-0.1, -0.05) is 0 Å². The molecule has 9 nitrogen and oxygen atoms in total. The Kier molecular flexibility index (Phi) is 4.59. The molecule has 0 radical (unpaired) electrons. The van der Waals surface area contributed by atoms with E-state index in [4.69, 9.17) is 0 Å². The average molecular weight is 330 g/mol. The Morgan fingerprint density at radius 1 is 1.21 bits per heavy atom. The molecule has 0 aliphatic carbocycles. The lowest BCUT2D eigenvalue weighted by molar-refractivity contribution is -0.132. The quantitative estimate of drug-likeness (QED) is 0.767. The number of hydrogen-bond donors (Lipinski definition) is 0. The Morgan fingerprint density at radius 2 is 1.96 bits per heavy atom. The lowest BCUT2D eigenvalue weighted by Crippen LogP contribution is -2.50. The third-order valence-electron chi connectivity index (χ3n) is 3.97. The number of nitrogens with zero attached hydrogens (tertiary/aromatic N) is 8. The van der Waals surface area contributed by atoms with E-state index >= 15 is 0 Å². The van der Waals surface area contributed by atoms with Gasteiger partial charge in [0.1, 0.15) is 25.0 Å². The van der Waals surface area contributed by atoms with Gasteiger partial charge in [-0.15, -0.1) is 0 Å². The fraction of sp³-hybridized carbons (Fsp3) is 0.533. The first-order valence-corrected chi connectivity index (χ1v) is 7.91. The molecule has 0 unspecified atom stereocenters. The van der Waals surface area contributed by atoms with Crippen molar-refractivity contribution >= 4 is 17.7 Å². The second kappa shape index (κ2) is 6.81. The van der Waals surface area contributed by atoms with Crippen molar-refractivity contribution in [1.29, 1.82) is 0 Å². The number of carbonyl (C=O) groups excluding carboxylic acids is 1. The van der Waals surface area contributed by atoms with Crippen molar-refractivity contribution in [1.82, 2.24) is 29.6 Å². The molecule has 0 saturated carbocycles. The largest absolute Gasteiger partial charge is 0.363 e. The first kappa shape index (κ1) is 16.2.